The summed E-state index contributed by atoms with van der Waals surface area (Å²) < 4.78 is 5.57. The molecule has 4 nitrogen and oxygen atoms in total. The lowest BCUT2D eigenvalue weighted by Crippen LogP contribution is -2.37. The van der Waals surface area contributed by atoms with Gasteiger partial charge < -0.3 is 15.2 Å². The van der Waals surface area contributed by atoms with Crippen LogP contribution >= 0.6 is 0 Å². The summed E-state index contributed by atoms with van der Waals surface area (Å²) in [5.41, 5.74) is 1.05. The summed E-state index contributed by atoms with van der Waals surface area (Å²) in [6, 6.07) is 7.24. The van der Waals surface area contributed by atoms with E-state index in [-0.39, 0.29) is 6.10 Å². The van der Waals surface area contributed by atoms with Crippen molar-refractivity contribution in [3.05, 3.63) is 29.8 Å². The molecule has 1 atom stereocenters. The molecule has 2 N–H and O–H groups in total. The minimum absolute atomic E-state index is 0.154. The fourth-order valence-corrected chi connectivity index (χ4v) is 1.94. The van der Waals surface area contributed by atoms with Gasteiger partial charge in [-0.3, -0.25) is 4.79 Å². The number of hydrogen-bond donors (Lipinski definition) is 2. The SMILES string of the molecule is CC(C)CC(NCc1ccc(OC(C)C)cc1)C(=O)O. The first-order valence-electron chi connectivity index (χ1n) is 7.10. The average molecular weight is 279 g/mol. The quantitative estimate of drug-likeness (QED) is 0.768. The molecule has 1 aromatic rings. The van der Waals surface area contributed by atoms with Gasteiger partial charge in [0.25, 0.3) is 0 Å². The molecule has 20 heavy (non-hydrogen) atoms. The van der Waals surface area contributed by atoms with Crippen LogP contribution in [-0.2, 0) is 11.3 Å². The minimum atomic E-state index is -0.793. The van der Waals surface area contributed by atoms with Crippen molar-refractivity contribution in [3.63, 3.8) is 0 Å². The van der Waals surface area contributed by atoms with Crippen molar-refractivity contribution < 1.29 is 14.6 Å². The summed E-state index contributed by atoms with van der Waals surface area (Å²) in [7, 11) is 0. The molecule has 0 aromatic heterocycles. The van der Waals surface area contributed by atoms with Gasteiger partial charge in [0.2, 0.25) is 0 Å². The second kappa shape index (κ2) is 7.90. The maximum atomic E-state index is 11.1. The number of aliphatic carboxylic acids is 1. The lowest BCUT2D eigenvalue weighted by atomic mass is 10.0. The molecule has 1 aromatic carbocycles. The van der Waals surface area contributed by atoms with E-state index in [1.165, 1.54) is 0 Å². The number of hydrogen-bond acceptors (Lipinski definition) is 3. The molecule has 112 valence electrons. The predicted octanol–water partition coefficient (Wildman–Crippen LogP) is 3.06. The number of rotatable bonds is 8. The number of nitrogens with one attached hydrogen (secondary N) is 1. The Kier molecular flexibility index (Phi) is 6.52. The lowest BCUT2D eigenvalue weighted by Gasteiger charge is -2.16. The molecule has 0 radical (unpaired) electrons. The molecular formula is C16H25NO3. The van der Waals surface area contributed by atoms with Crippen LogP contribution in [0.5, 0.6) is 5.75 Å². The molecule has 0 saturated heterocycles. The number of benzene rings is 1. The van der Waals surface area contributed by atoms with E-state index >= 15 is 0 Å². The zero-order valence-electron chi connectivity index (χ0n) is 12.7. The summed E-state index contributed by atoms with van der Waals surface area (Å²) in [5, 5.41) is 12.2. The van der Waals surface area contributed by atoms with Gasteiger partial charge in [0.05, 0.1) is 6.10 Å². The predicted molar refractivity (Wildman–Crippen MR) is 79.9 cm³/mol. The maximum absolute atomic E-state index is 11.1. The Bertz CT molecular complexity index is 412. The first-order chi connectivity index (χ1) is 9.38. The number of carbonyl (C=O) groups is 1. The molecular weight excluding hydrogens is 254 g/mol. The summed E-state index contributed by atoms with van der Waals surface area (Å²) in [6.07, 6.45) is 0.783. The topological polar surface area (TPSA) is 58.6 Å². The Morgan fingerprint density at radius 3 is 2.25 bits per heavy atom. The van der Waals surface area contributed by atoms with Gasteiger partial charge in [-0.1, -0.05) is 26.0 Å². The Labute approximate surface area is 121 Å². The molecule has 1 unspecified atom stereocenters. The standard InChI is InChI=1S/C16H25NO3/c1-11(2)9-15(16(18)19)17-10-13-5-7-14(8-6-13)20-12(3)4/h5-8,11-12,15,17H,9-10H2,1-4H3,(H,18,19). The molecule has 0 bridgehead atoms. The monoisotopic (exact) mass is 279 g/mol. The van der Waals surface area contributed by atoms with Crippen molar-refractivity contribution in [1.29, 1.82) is 0 Å². The van der Waals surface area contributed by atoms with Gasteiger partial charge in [-0.15, -0.1) is 0 Å². The van der Waals surface area contributed by atoms with Crippen LogP contribution in [0, 0.1) is 5.92 Å². The zero-order chi connectivity index (χ0) is 15.1. The molecule has 0 amide bonds. The van der Waals surface area contributed by atoms with E-state index in [1.807, 2.05) is 52.0 Å². The summed E-state index contributed by atoms with van der Waals surface area (Å²) >= 11 is 0. The van der Waals surface area contributed by atoms with E-state index < -0.39 is 12.0 Å². The molecule has 0 heterocycles. The van der Waals surface area contributed by atoms with E-state index in [1.54, 1.807) is 0 Å². The summed E-state index contributed by atoms with van der Waals surface area (Å²) in [4.78, 5) is 11.1. The van der Waals surface area contributed by atoms with Crippen molar-refractivity contribution >= 4 is 5.97 Å². The van der Waals surface area contributed by atoms with Crippen LogP contribution in [0.2, 0.25) is 0 Å². The Balaban J connectivity index is 2.53. The van der Waals surface area contributed by atoms with E-state index in [0.717, 1.165) is 11.3 Å². The minimum Gasteiger partial charge on any atom is -0.491 e. The van der Waals surface area contributed by atoms with E-state index in [4.69, 9.17) is 9.84 Å². The van der Waals surface area contributed by atoms with Gasteiger partial charge in [-0.2, -0.15) is 0 Å². The van der Waals surface area contributed by atoms with Gasteiger partial charge in [-0.25, -0.2) is 0 Å². The van der Waals surface area contributed by atoms with Crippen LogP contribution in [0.25, 0.3) is 0 Å². The van der Waals surface area contributed by atoms with Crippen molar-refractivity contribution in [1.82, 2.24) is 5.32 Å². The third kappa shape index (κ3) is 6.06. The molecule has 0 aliphatic carbocycles. The average Bonchev–Trinajstić information content (AvgIpc) is 2.34. The summed E-state index contributed by atoms with van der Waals surface area (Å²) in [5.74, 6) is 0.393. The van der Waals surface area contributed by atoms with Gasteiger partial charge in [0.15, 0.2) is 0 Å². The van der Waals surface area contributed by atoms with Gasteiger partial charge in [-0.05, 0) is 43.9 Å². The largest absolute Gasteiger partial charge is 0.491 e. The van der Waals surface area contributed by atoms with Gasteiger partial charge in [0, 0.05) is 6.54 Å². The highest BCUT2D eigenvalue weighted by atomic mass is 16.5. The van der Waals surface area contributed by atoms with Crippen LogP contribution in [0.3, 0.4) is 0 Å². The summed E-state index contributed by atoms with van der Waals surface area (Å²) in [6.45, 7) is 8.56. The second-order valence-corrected chi connectivity index (χ2v) is 5.71. The van der Waals surface area contributed by atoms with Crippen LogP contribution in [-0.4, -0.2) is 23.2 Å². The van der Waals surface area contributed by atoms with Crippen LogP contribution < -0.4 is 10.1 Å². The molecule has 0 aliphatic rings. The van der Waals surface area contributed by atoms with Crippen molar-refractivity contribution in [3.8, 4) is 5.75 Å². The van der Waals surface area contributed by atoms with E-state index in [2.05, 4.69) is 5.32 Å². The fourth-order valence-electron chi connectivity index (χ4n) is 1.94. The molecule has 0 saturated carbocycles. The van der Waals surface area contributed by atoms with Crippen molar-refractivity contribution in [2.45, 2.75) is 52.8 Å². The van der Waals surface area contributed by atoms with E-state index in [9.17, 15) is 4.79 Å². The number of ether oxygens (including phenoxy) is 1. The third-order valence-electron chi connectivity index (χ3n) is 2.85. The highest BCUT2D eigenvalue weighted by Gasteiger charge is 2.17. The van der Waals surface area contributed by atoms with Crippen molar-refractivity contribution in [2.24, 2.45) is 5.92 Å². The lowest BCUT2D eigenvalue weighted by molar-refractivity contribution is -0.140. The van der Waals surface area contributed by atoms with Crippen LogP contribution in [0.1, 0.15) is 39.7 Å². The second-order valence-electron chi connectivity index (χ2n) is 5.71. The number of carboxylic acid groups (broad SMARTS) is 1. The van der Waals surface area contributed by atoms with Crippen LogP contribution in [0.4, 0.5) is 0 Å². The first kappa shape index (κ1) is 16.5. The highest BCUT2D eigenvalue weighted by molar-refractivity contribution is 5.73. The molecule has 0 fully saturated rings. The Morgan fingerprint density at radius 2 is 1.80 bits per heavy atom. The molecule has 0 spiro atoms. The molecule has 4 heteroatoms. The fraction of sp³-hybridized carbons (Fsp3) is 0.562. The zero-order valence-corrected chi connectivity index (χ0v) is 12.7. The Hall–Kier alpha value is -1.55. The van der Waals surface area contributed by atoms with E-state index in [0.29, 0.717) is 18.9 Å². The van der Waals surface area contributed by atoms with Gasteiger partial charge >= 0.3 is 5.97 Å². The Morgan fingerprint density at radius 1 is 1.20 bits per heavy atom. The smallest absolute Gasteiger partial charge is 0.320 e. The number of carboxylic acids is 1. The van der Waals surface area contributed by atoms with Crippen molar-refractivity contribution in [2.75, 3.05) is 0 Å². The normalized spacial score (nSPS) is 12.7. The molecule has 1 rings (SSSR count). The molecule has 0 aliphatic heterocycles. The van der Waals surface area contributed by atoms with Gasteiger partial charge in [0.1, 0.15) is 11.8 Å². The first-order valence-corrected chi connectivity index (χ1v) is 7.10. The maximum Gasteiger partial charge on any atom is 0.320 e. The third-order valence-corrected chi connectivity index (χ3v) is 2.85. The van der Waals surface area contributed by atoms with Crippen LogP contribution in [0.15, 0.2) is 24.3 Å². The highest BCUT2D eigenvalue weighted by Crippen LogP contribution is 2.14.